The first kappa shape index (κ1) is 14.6. The molecule has 0 aromatic rings. The molecule has 1 rings (SSSR count). The summed E-state index contributed by atoms with van der Waals surface area (Å²) in [6.45, 7) is 9.61. The minimum absolute atomic E-state index is 0.0410. The van der Waals surface area contributed by atoms with Crippen molar-refractivity contribution in [3.05, 3.63) is 0 Å². The van der Waals surface area contributed by atoms with E-state index in [4.69, 9.17) is 9.47 Å². The Hall–Kier alpha value is -0.420. The number of rotatable bonds is 3. The molecule has 0 amide bonds. The molecule has 4 nitrogen and oxygen atoms in total. The number of esters is 1. The van der Waals surface area contributed by atoms with Crippen molar-refractivity contribution in [2.45, 2.75) is 63.2 Å². The molecule has 5 heteroatoms. The predicted molar refractivity (Wildman–Crippen MR) is 67.3 cm³/mol. The van der Waals surface area contributed by atoms with Crippen molar-refractivity contribution >= 4 is 16.8 Å². The molecule has 1 fully saturated rings. The Labute approximate surface area is 106 Å². The van der Waals surface area contributed by atoms with Gasteiger partial charge < -0.3 is 9.47 Å². The second kappa shape index (κ2) is 5.48. The van der Waals surface area contributed by atoms with Crippen LogP contribution in [0.3, 0.4) is 0 Å². The van der Waals surface area contributed by atoms with Crippen LogP contribution in [-0.2, 0) is 25.1 Å². The van der Waals surface area contributed by atoms with Crippen LogP contribution in [-0.4, -0.2) is 39.0 Å². The molecule has 1 saturated heterocycles. The maximum atomic E-state index is 12.2. The Morgan fingerprint density at radius 1 is 1.47 bits per heavy atom. The highest BCUT2D eigenvalue weighted by Crippen LogP contribution is 2.22. The topological polar surface area (TPSA) is 52.6 Å². The third-order valence-electron chi connectivity index (χ3n) is 2.69. The molecule has 1 aliphatic heterocycles. The van der Waals surface area contributed by atoms with Crippen molar-refractivity contribution in [2.75, 3.05) is 6.61 Å². The van der Waals surface area contributed by atoms with Crippen LogP contribution in [0, 0.1) is 0 Å². The molecule has 0 aromatic carbocycles. The molecule has 1 heterocycles. The standard InChI is InChI=1S/C12H22O4S/c1-8-10(6-7-15-8)17(14)9(2)11(13)16-12(3,4)5/h8-10H,6-7H2,1-5H3. The highest BCUT2D eigenvalue weighted by atomic mass is 32.2. The zero-order valence-corrected chi connectivity index (χ0v) is 12.0. The Morgan fingerprint density at radius 3 is 2.47 bits per heavy atom. The van der Waals surface area contributed by atoms with Gasteiger partial charge in [0.05, 0.1) is 11.4 Å². The molecule has 4 unspecified atom stereocenters. The molecule has 100 valence electrons. The SMILES string of the molecule is CC1OCCC1S(=O)C(C)C(=O)OC(C)(C)C. The van der Waals surface area contributed by atoms with E-state index in [1.165, 1.54) is 0 Å². The van der Waals surface area contributed by atoms with E-state index in [2.05, 4.69) is 0 Å². The summed E-state index contributed by atoms with van der Waals surface area (Å²) in [6.07, 6.45) is 0.710. The van der Waals surface area contributed by atoms with Gasteiger partial charge in [-0.25, -0.2) is 0 Å². The smallest absolute Gasteiger partial charge is 0.321 e. The van der Waals surface area contributed by atoms with E-state index in [1.807, 2.05) is 27.7 Å². The maximum Gasteiger partial charge on any atom is 0.321 e. The van der Waals surface area contributed by atoms with E-state index in [-0.39, 0.29) is 11.4 Å². The molecule has 0 aliphatic carbocycles. The maximum absolute atomic E-state index is 12.2. The zero-order valence-electron chi connectivity index (χ0n) is 11.2. The summed E-state index contributed by atoms with van der Waals surface area (Å²) in [7, 11) is -1.23. The fraction of sp³-hybridized carbons (Fsp3) is 0.917. The molecule has 17 heavy (non-hydrogen) atoms. The van der Waals surface area contributed by atoms with E-state index in [0.29, 0.717) is 6.61 Å². The third kappa shape index (κ3) is 4.07. The van der Waals surface area contributed by atoms with Gasteiger partial charge in [-0.3, -0.25) is 9.00 Å². The van der Waals surface area contributed by atoms with Crippen LogP contribution < -0.4 is 0 Å². The molecule has 4 atom stereocenters. The minimum atomic E-state index is -1.23. The van der Waals surface area contributed by atoms with Crippen LogP contribution in [0.4, 0.5) is 0 Å². The van der Waals surface area contributed by atoms with Crippen molar-refractivity contribution in [3.8, 4) is 0 Å². The van der Waals surface area contributed by atoms with Crippen molar-refractivity contribution < 1.29 is 18.5 Å². The minimum Gasteiger partial charge on any atom is -0.459 e. The molecule has 0 radical (unpaired) electrons. The number of carbonyl (C=O) groups is 1. The van der Waals surface area contributed by atoms with E-state index in [0.717, 1.165) is 6.42 Å². The Bertz CT molecular complexity index is 308. The molecule has 1 aliphatic rings. The van der Waals surface area contributed by atoms with Crippen molar-refractivity contribution in [3.63, 3.8) is 0 Å². The second-order valence-electron chi connectivity index (χ2n) is 5.41. The summed E-state index contributed by atoms with van der Waals surface area (Å²) < 4.78 is 22.8. The predicted octanol–water partition coefficient (Wildman–Crippen LogP) is 1.64. The number of carbonyl (C=O) groups excluding carboxylic acids is 1. The van der Waals surface area contributed by atoms with E-state index >= 15 is 0 Å². The fourth-order valence-electron chi connectivity index (χ4n) is 1.76. The summed E-state index contributed by atoms with van der Waals surface area (Å²) in [4.78, 5) is 11.8. The highest BCUT2D eigenvalue weighted by molar-refractivity contribution is 7.87. The molecule has 0 spiro atoms. The summed E-state index contributed by atoms with van der Waals surface area (Å²) in [5.74, 6) is -0.394. The first-order valence-electron chi connectivity index (χ1n) is 5.96. The summed E-state index contributed by atoms with van der Waals surface area (Å²) in [6, 6.07) is 0. The molecular weight excluding hydrogens is 240 g/mol. The molecule has 0 saturated carbocycles. The van der Waals surface area contributed by atoms with Crippen LogP contribution in [0.2, 0.25) is 0 Å². The van der Waals surface area contributed by atoms with E-state index in [9.17, 15) is 9.00 Å². The largest absolute Gasteiger partial charge is 0.459 e. The van der Waals surface area contributed by atoms with E-state index in [1.54, 1.807) is 6.92 Å². The lowest BCUT2D eigenvalue weighted by atomic mass is 10.2. The van der Waals surface area contributed by atoms with Gasteiger partial charge in [0, 0.05) is 17.4 Å². The normalized spacial score (nSPS) is 28.8. The number of hydrogen-bond acceptors (Lipinski definition) is 4. The first-order chi connectivity index (χ1) is 7.72. The van der Waals surface area contributed by atoms with Crippen LogP contribution >= 0.6 is 0 Å². The van der Waals surface area contributed by atoms with E-state index < -0.39 is 27.6 Å². The average molecular weight is 262 g/mol. The van der Waals surface area contributed by atoms with Gasteiger partial charge in [-0.05, 0) is 41.0 Å². The molecule has 0 aromatic heterocycles. The molecular formula is C12H22O4S. The monoisotopic (exact) mass is 262 g/mol. The van der Waals surface area contributed by atoms with Gasteiger partial charge in [0.15, 0.2) is 0 Å². The van der Waals surface area contributed by atoms with Crippen molar-refractivity contribution in [1.82, 2.24) is 0 Å². The van der Waals surface area contributed by atoms with Gasteiger partial charge in [-0.15, -0.1) is 0 Å². The first-order valence-corrected chi connectivity index (χ1v) is 7.24. The lowest BCUT2D eigenvalue weighted by molar-refractivity contribution is -0.153. The summed E-state index contributed by atoms with van der Waals surface area (Å²) in [5.41, 5.74) is -0.534. The van der Waals surface area contributed by atoms with Crippen molar-refractivity contribution in [2.24, 2.45) is 0 Å². The molecule has 0 N–H and O–H groups in total. The third-order valence-corrected chi connectivity index (χ3v) is 4.80. The van der Waals surface area contributed by atoms with Crippen molar-refractivity contribution in [1.29, 1.82) is 0 Å². The molecule has 0 bridgehead atoms. The van der Waals surface area contributed by atoms with Gasteiger partial charge in [0.2, 0.25) is 0 Å². The average Bonchev–Trinajstić information content (AvgIpc) is 2.59. The van der Waals surface area contributed by atoms with Gasteiger partial charge >= 0.3 is 5.97 Å². The second-order valence-corrected chi connectivity index (χ2v) is 7.38. The van der Waals surface area contributed by atoms with Gasteiger partial charge in [-0.2, -0.15) is 0 Å². The Kier molecular flexibility index (Phi) is 4.72. The lowest BCUT2D eigenvalue weighted by Gasteiger charge is -2.24. The number of ether oxygens (including phenoxy) is 2. The summed E-state index contributed by atoms with van der Waals surface area (Å²) >= 11 is 0. The van der Waals surface area contributed by atoms with Gasteiger partial charge in [0.1, 0.15) is 10.9 Å². The Balaban J connectivity index is 2.60. The highest BCUT2D eigenvalue weighted by Gasteiger charge is 2.36. The van der Waals surface area contributed by atoms with Crippen LogP contribution in [0.25, 0.3) is 0 Å². The summed E-state index contributed by atoms with van der Waals surface area (Å²) in [5, 5.41) is -0.652. The van der Waals surface area contributed by atoms with Gasteiger partial charge in [0.25, 0.3) is 0 Å². The Morgan fingerprint density at radius 2 is 2.06 bits per heavy atom. The van der Waals surface area contributed by atoms with Gasteiger partial charge in [-0.1, -0.05) is 0 Å². The fourth-order valence-corrected chi connectivity index (χ4v) is 3.31. The zero-order chi connectivity index (χ0) is 13.2. The number of hydrogen-bond donors (Lipinski definition) is 0. The van der Waals surface area contributed by atoms with Crippen LogP contribution in [0.5, 0.6) is 0 Å². The van der Waals surface area contributed by atoms with Crippen LogP contribution in [0.1, 0.15) is 41.0 Å². The van der Waals surface area contributed by atoms with Crippen LogP contribution in [0.15, 0.2) is 0 Å². The quantitative estimate of drug-likeness (QED) is 0.726. The lowest BCUT2D eigenvalue weighted by Crippen LogP contribution is -2.38.